The average molecular weight is 367 g/mol. The SMILES string of the molecule is CCOC(=O)CCc1cc2cnc(Cl)cc2n1CC(=O)OC(C)(C)C. The van der Waals surface area contributed by atoms with Crippen LogP contribution in [-0.2, 0) is 32.0 Å². The number of ether oxygens (including phenoxy) is 2. The molecule has 0 amide bonds. The van der Waals surface area contributed by atoms with Gasteiger partial charge in [-0.15, -0.1) is 0 Å². The Morgan fingerprint density at radius 1 is 1.24 bits per heavy atom. The van der Waals surface area contributed by atoms with E-state index in [1.807, 2.05) is 31.4 Å². The first kappa shape index (κ1) is 19.2. The summed E-state index contributed by atoms with van der Waals surface area (Å²) in [5, 5.41) is 1.19. The van der Waals surface area contributed by atoms with Crippen molar-refractivity contribution in [2.75, 3.05) is 6.61 Å². The minimum Gasteiger partial charge on any atom is -0.466 e. The molecule has 2 aromatic heterocycles. The van der Waals surface area contributed by atoms with Crippen LogP contribution in [-0.4, -0.2) is 33.7 Å². The summed E-state index contributed by atoms with van der Waals surface area (Å²) in [6, 6.07) is 3.61. The monoisotopic (exact) mass is 366 g/mol. The second kappa shape index (κ2) is 7.87. The summed E-state index contributed by atoms with van der Waals surface area (Å²) in [7, 11) is 0. The largest absolute Gasteiger partial charge is 0.466 e. The summed E-state index contributed by atoms with van der Waals surface area (Å²) in [4.78, 5) is 28.0. The predicted octanol–water partition coefficient (Wildman–Crippen LogP) is 3.53. The van der Waals surface area contributed by atoms with Crippen LogP contribution in [0.15, 0.2) is 18.3 Å². The van der Waals surface area contributed by atoms with Crippen molar-refractivity contribution >= 4 is 34.4 Å². The number of hydrogen-bond donors (Lipinski definition) is 0. The molecule has 0 N–H and O–H groups in total. The topological polar surface area (TPSA) is 70.4 Å². The van der Waals surface area contributed by atoms with E-state index >= 15 is 0 Å². The summed E-state index contributed by atoms with van der Waals surface area (Å²) >= 11 is 6.00. The van der Waals surface area contributed by atoms with E-state index in [2.05, 4.69) is 4.98 Å². The van der Waals surface area contributed by atoms with E-state index in [0.29, 0.717) is 18.2 Å². The fraction of sp³-hybridized carbons (Fsp3) is 0.500. The zero-order valence-electron chi connectivity index (χ0n) is 15.0. The number of fused-ring (bicyclic) bond motifs is 1. The third kappa shape index (κ3) is 5.46. The number of esters is 2. The molecule has 6 nitrogen and oxygen atoms in total. The highest BCUT2D eigenvalue weighted by atomic mass is 35.5. The van der Waals surface area contributed by atoms with Gasteiger partial charge in [-0.2, -0.15) is 0 Å². The van der Waals surface area contributed by atoms with Crippen LogP contribution in [0, 0.1) is 0 Å². The van der Waals surface area contributed by atoms with Crippen molar-refractivity contribution in [3.8, 4) is 0 Å². The van der Waals surface area contributed by atoms with E-state index in [1.165, 1.54) is 0 Å². The van der Waals surface area contributed by atoms with Gasteiger partial charge in [0.05, 0.1) is 18.5 Å². The second-order valence-electron chi connectivity index (χ2n) is 6.68. The molecule has 2 heterocycles. The van der Waals surface area contributed by atoms with Gasteiger partial charge in [0.1, 0.15) is 17.3 Å². The molecule has 0 aliphatic heterocycles. The highest BCUT2D eigenvalue weighted by molar-refractivity contribution is 6.30. The molecule has 0 atom stereocenters. The lowest BCUT2D eigenvalue weighted by atomic mass is 10.2. The summed E-state index contributed by atoms with van der Waals surface area (Å²) in [6.07, 6.45) is 2.34. The van der Waals surface area contributed by atoms with Crippen LogP contribution in [0.5, 0.6) is 0 Å². The maximum absolute atomic E-state index is 12.3. The summed E-state index contributed by atoms with van der Waals surface area (Å²) in [6.45, 7) is 7.62. The Hall–Kier alpha value is -2.08. The van der Waals surface area contributed by atoms with Gasteiger partial charge in [-0.05, 0) is 46.2 Å². The van der Waals surface area contributed by atoms with Crippen LogP contribution >= 0.6 is 11.6 Å². The Morgan fingerprint density at radius 3 is 2.60 bits per heavy atom. The minimum absolute atomic E-state index is 0.0409. The first-order valence-electron chi connectivity index (χ1n) is 8.20. The normalized spacial score (nSPS) is 11.6. The molecule has 0 radical (unpaired) electrons. The Labute approximate surface area is 152 Å². The number of halogens is 1. The number of hydrogen-bond acceptors (Lipinski definition) is 5. The molecule has 2 aromatic rings. The van der Waals surface area contributed by atoms with Crippen molar-refractivity contribution in [1.82, 2.24) is 9.55 Å². The van der Waals surface area contributed by atoms with Gasteiger partial charge in [-0.1, -0.05) is 11.6 Å². The van der Waals surface area contributed by atoms with E-state index in [1.54, 1.807) is 19.2 Å². The maximum Gasteiger partial charge on any atom is 0.326 e. The first-order valence-corrected chi connectivity index (χ1v) is 8.58. The van der Waals surface area contributed by atoms with Crippen LogP contribution < -0.4 is 0 Å². The Morgan fingerprint density at radius 2 is 1.96 bits per heavy atom. The highest BCUT2D eigenvalue weighted by Crippen LogP contribution is 2.23. The molecule has 0 fully saturated rings. The van der Waals surface area contributed by atoms with Crippen molar-refractivity contribution < 1.29 is 19.1 Å². The number of carbonyl (C=O) groups excluding carboxylic acids is 2. The summed E-state index contributed by atoms with van der Waals surface area (Å²) < 4.78 is 12.2. The molecule has 0 unspecified atom stereocenters. The molecular formula is C18H23ClN2O4. The number of pyridine rings is 1. The van der Waals surface area contributed by atoms with E-state index < -0.39 is 5.60 Å². The molecule has 0 aliphatic carbocycles. The smallest absolute Gasteiger partial charge is 0.326 e. The molecule has 136 valence electrons. The Balaban J connectivity index is 2.30. The van der Waals surface area contributed by atoms with Gasteiger partial charge in [0.2, 0.25) is 0 Å². The predicted molar refractivity (Wildman–Crippen MR) is 95.5 cm³/mol. The Bertz CT molecular complexity index is 777. The van der Waals surface area contributed by atoms with Crippen molar-refractivity contribution in [2.45, 2.75) is 52.7 Å². The maximum atomic E-state index is 12.3. The standard InChI is InChI=1S/C18H23ClN2O4/c1-5-24-16(22)7-6-13-8-12-10-20-15(19)9-14(12)21(13)11-17(23)25-18(2,3)4/h8-10H,5-7,11H2,1-4H3. The molecule has 7 heteroatoms. The van der Waals surface area contributed by atoms with Crippen molar-refractivity contribution in [3.63, 3.8) is 0 Å². The zero-order valence-corrected chi connectivity index (χ0v) is 15.7. The lowest BCUT2D eigenvalue weighted by molar-refractivity contribution is -0.155. The number of aryl methyl sites for hydroxylation is 1. The average Bonchev–Trinajstić information content (AvgIpc) is 2.81. The molecule has 2 rings (SSSR count). The zero-order chi connectivity index (χ0) is 18.6. The van der Waals surface area contributed by atoms with Gasteiger partial charge >= 0.3 is 11.9 Å². The molecule has 0 bridgehead atoms. The fourth-order valence-corrected chi connectivity index (χ4v) is 2.70. The number of aromatic nitrogens is 2. The van der Waals surface area contributed by atoms with Crippen LogP contribution in [0.1, 0.15) is 39.8 Å². The molecule has 0 aliphatic rings. The van der Waals surface area contributed by atoms with Crippen molar-refractivity contribution in [2.24, 2.45) is 0 Å². The van der Waals surface area contributed by atoms with Crippen LogP contribution in [0.25, 0.3) is 10.9 Å². The Kier molecular flexibility index (Phi) is 6.06. The molecule has 25 heavy (non-hydrogen) atoms. The van der Waals surface area contributed by atoms with Gasteiger partial charge in [0, 0.05) is 17.3 Å². The van der Waals surface area contributed by atoms with E-state index in [-0.39, 0.29) is 24.9 Å². The quantitative estimate of drug-likeness (QED) is 0.577. The van der Waals surface area contributed by atoms with E-state index in [0.717, 1.165) is 16.6 Å². The van der Waals surface area contributed by atoms with Crippen LogP contribution in [0.4, 0.5) is 0 Å². The third-order valence-corrected chi connectivity index (χ3v) is 3.64. The second-order valence-corrected chi connectivity index (χ2v) is 7.07. The van der Waals surface area contributed by atoms with Gasteiger partial charge in [0.15, 0.2) is 0 Å². The summed E-state index contributed by atoms with van der Waals surface area (Å²) in [5.41, 5.74) is 1.05. The van der Waals surface area contributed by atoms with Crippen molar-refractivity contribution in [3.05, 3.63) is 29.2 Å². The van der Waals surface area contributed by atoms with Gasteiger partial charge in [0.25, 0.3) is 0 Å². The molecule has 0 saturated heterocycles. The number of carbonyl (C=O) groups is 2. The van der Waals surface area contributed by atoms with Crippen LogP contribution in [0.2, 0.25) is 5.15 Å². The minimum atomic E-state index is -0.565. The molecule has 0 spiro atoms. The lowest BCUT2D eigenvalue weighted by Gasteiger charge is -2.20. The van der Waals surface area contributed by atoms with Gasteiger partial charge < -0.3 is 14.0 Å². The molecule has 0 saturated carbocycles. The highest BCUT2D eigenvalue weighted by Gasteiger charge is 2.19. The number of nitrogens with zero attached hydrogens (tertiary/aromatic N) is 2. The molecule has 0 aromatic carbocycles. The first-order chi connectivity index (χ1) is 11.7. The fourth-order valence-electron chi connectivity index (χ4n) is 2.55. The van der Waals surface area contributed by atoms with Gasteiger partial charge in [-0.25, -0.2) is 4.98 Å². The third-order valence-electron chi connectivity index (χ3n) is 3.44. The van der Waals surface area contributed by atoms with Gasteiger partial charge in [-0.3, -0.25) is 9.59 Å². The van der Waals surface area contributed by atoms with E-state index in [9.17, 15) is 9.59 Å². The van der Waals surface area contributed by atoms with Crippen LogP contribution in [0.3, 0.4) is 0 Å². The molecular weight excluding hydrogens is 344 g/mol. The summed E-state index contributed by atoms with van der Waals surface area (Å²) in [5.74, 6) is -0.622. The number of rotatable bonds is 6. The van der Waals surface area contributed by atoms with Crippen molar-refractivity contribution in [1.29, 1.82) is 0 Å². The van der Waals surface area contributed by atoms with E-state index in [4.69, 9.17) is 21.1 Å². The lowest BCUT2D eigenvalue weighted by Crippen LogP contribution is -2.27.